The summed E-state index contributed by atoms with van der Waals surface area (Å²) in [5.41, 5.74) is 3.48. The van der Waals surface area contributed by atoms with E-state index in [1.807, 2.05) is 31.5 Å². The minimum absolute atomic E-state index is 0.149. The summed E-state index contributed by atoms with van der Waals surface area (Å²) in [5, 5.41) is 7.97. The number of fused-ring (bicyclic) bond motifs is 1. The molecule has 0 spiro atoms. The van der Waals surface area contributed by atoms with Crippen molar-refractivity contribution in [2.75, 3.05) is 5.32 Å². The number of nitrogens with zero attached hydrogens (tertiary/aromatic N) is 3. The molecule has 1 saturated carbocycles. The maximum atomic E-state index is 13.5. The van der Waals surface area contributed by atoms with E-state index in [2.05, 4.69) is 10.4 Å². The zero-order valence-electron chi connectivity index (χ0n) is 15.1. The van der Waals surface area contributed by atoms with Gasteiger partial charge >= 0.3 is 0 Å². The first-order chi connectivity index (χ1) is 12.4. The van der Waals surface area contributed by atoms with Crippen LogP contribution in [-0.4, -0.2) is 20.7 Å². The maximum absolute atomic E-state index is 13.5. The summed E-state index contributed by atoms with van der Waals surface area (Å²) in [6.07, 6.45) is 3.88. The van der Waals surface area contributed by atoms with Crippen molar-refractivity contribution in [3.63, 3.8) is 0 Å². The molecule has 0 radical (unpaired) electrons. The molecule has 1 amide bonds. The largest absolute Gasteiger partial charge is 0.322 e. The molecule has 134 valence electrons. The second kappa shape index (κ2) is 6.20. The van der Waals surface area contributed by atoms with E-state index < -0.39 is 0 Å². The Hall–Kier alpha value is -2.76. The normalized spacial score (nSPS) is 14.2. The number of pyridine rings is 1. The van der Waals surface area contributed by atoms with Gasteiger partial charge in [0.25, 0.3) is 5.91 Å². The minimum atomic E-state index is -0.378. The standard InChI is InChI=1S/C20H21FN4O/c1-11(2)25-19-16(10-22-25)15(9-18(23-19)13-5-6-13)20(26)24-17-8-14(21)7-4-12(17)3/h4,7-11,13H,5-6H2,1-3H3,(H,24,26). The van der Waals surface area contributed by atoms with Crippen molar-refractivity contribution in [2.45, 2.75) is 45.6 Å². The SMILES string of the molecule is Cc1ccc(F)cc1NC(=O)c1cc(C2CC2)nc2c1cnn2C(C)C. The number of anilines is 1. The number of amides is 1. The summed E-state index contributed by atoms with van der Waals surface area (Å²) >= 11 is 0. The monoisotopic (exact) mass is 352 g/mol. The molecule has 0 saturated heterocycles. The van der Waals surface area contributed by atoms with Gasteiger partial charge < -0.3 is 5.32 Å². The molecule has 1 aliphatic rings. The number of carbonyl (C=O) groups is 1. The van der Waals surface area contributed by atoms with Crippen LogP contribution in [0.4, 0.5) is 10.1 Å². The third-order valence-electron chi connectivity index (χ3n) is 4.76. The first-order valence-electron chi connectivity index (χ1n) is 8.89. The van der Waals surface area contributed by atoms with Gasteiger partial charge in [-0.05, 0) is 57.4 Å². The highest BCUT2D eigenvalue weighted by atomic mass is 19.1. The quantitative estimate of drug-likeness (QED) is 0.747. The Bertz CT molecular complexity index is 1000. The van der Waals surface area contributed by atoms with E-state index in [-0.39, 0.29) is 17.8 Å². The molecule has 3 aromatic rings. The van der Waals surface area contributed by atoms with Gasteiger partial charge in [0.05, 0.1) is 17.1 Å². The van der Waals surface area contributed by atoms with Crippen LogP contribution in [0, 0.1) is 12.7 Å². The van der Waals surface area contributed by atoms with Crippen LogP contribution in [0.15, 0.2) is 30.5 Å². The number of nitrogens with one attached hydrogen (secondary N) is 1. The number of carbonyl (C=O) groups excluding carboxylic acids is 1. The molecule has 0 atom stereocenters. The van der Waals surface area contributed by atoms with E-state index in [0.717, 1.165) is 35.1 Å². The number of rotatable bonds is 4. The van der Waals surface area contributed by atoms with Crippen LogP contribution in [0.5, 0.6) is 0 Å². The molecule has 26 heavy (non-hydrogen) atoms. The molecule has 6 heteroatoms. The number of aryl methyl sites for hydroxylation is 1. The van der Waals surface area contributed by atoms with Gasteiger partial charge in [-0.1, -0.05) is 6.07 Å². The summed E-state index contributed by atoms with van der Waals surface area (Å²) in [7, 11) is 0. The van der Waals surface area contributed by atoms with E-state index in [4.69, 9.17) is 4.98 Å². The van der Waals surface area contributed by atoms with Gasteiger partial charge in [0.1, 0.15) is 5.82 Å². The lowest BCUT2D eigenvalue weighted by molar-refractivity contribution is 0.102. The van der Waals surface area contributed by atoms with Crippen molar-refractivity contribution in [1.82, 2.24) is 14.8 Å². The molecule has 2 aromatic heterocycles. The number of hydrogen-bond donors (Lipinski definition) is 1. The number of benzene rings is 1. The van der Waals surface area contributed by atoms with Crippen molar-refractivity contribution in [3.05, 3.63) is 53.1 Å². The molecule has 0 unspecified atom stereocenters. The Morgan fingerprint density at radius 2 is 2.08 bits per heavy atom. The number of hydrogen-bond acceptors (Lipinski definition) is 3. The third-order valence-corrected chi connectivity index (χ3v) is 4.76. The molecule has 4 rings (SSSR count). The smallest absolute Gasteiger partial charge is 0.256 e. The lowest BCUT2D eigenvalue weighted by Gasteiger charge is -2.12. The second-order valence-electron chi connectivity index (χ2n) is 7.20. The first kappa shape index (κ1) is 16.7. The van der Waals surface area contributed by atoms with Gasteiger partial charge in [0, 0.05) is 23.3 Å². The highest BCUT2D eigenvalue weighted by Crippen LogP contribution is 2.40. The molecule has 5 nitrogen and oxygen atoms in total. The molecule has 1 aliphatic carbocycles. The Kier molecular flexibility index (Phi) is 3.98. The average molecular weight is 352 g/mol. The van der Waals surface area contributed by atoms with Crippen molar-refractivity contribution in [1.29, 1.82) is 0 Å². The van der Waals surface area contributed by atoms with Crippen molar-refractivity contribution in [2.24, 2.45) is 0 Å². The summed E-state index contributed by atoms with van der Waals surface area (Å²) in [5.74, 6) is -0.231. The molecule has 1 aromatic carbocycles. The molecular formula is C20H21FN4O. The Morgan fingerprint density at radius 3 is 2.77 bits per heavy atom. The molecule has 1 fully saturated rings. The zero-order chi connectivity index (χ0) is 18.4. The fraction of sp³-hybridized carbons (Fsp3) is 0.350. The van der Waals surface area contributed by atoms with Gasteiger partial charge in [0.2, 0.25) is 0 Å². The summed E-state index contributed by atoms with van der Waals surface area (Å²) < 4.78 is 15.4. The van der Waals surface area contributed by atoms with E-state index >= 15 is 0 Å². The lowest BCUT2D eigenvalue weighted by Crippen LogP contribution is -2.14. The second-order valence-corrected chi connectivity index (χ2v) is 7.20. The predicted molar refractivity (Wildman–Crippen MR) is 99.0 cm³/mol. The average Bonchev–Trinajstić information content (AvgIpc) is 3.36. The lowest BCUT2D eigenvalue weighted by atomic mass is 10.1. The first-order valence-corrected chi connectivity index (χ1v) is 8.89. The van der Waals surface area contributed by atoms with Crippen LogP contribution in [0.1, 0.15) is 60.3 Å². The van der Waals surface area contributed by atoms with E-state index in [0.29, 0.717) is 17.2 Å². The Morgan fingerprint density at radius 1 is 1.31 bits per heavy atom. The Labute approximate surface area is 151 Å². The molecule has 2 heterocycles. The Balaban J connectivity index is 1.79. The van der Waals surface area contributed by atoms with Crippen LogP contribution < -0.4 is 5.32 Å². The topological polar surface area (TPSA) is 59.8 Å². The number of halogens is 1. The summed E-state index contributed by atoms with van der Waals surface area (Å²) in [4.78, 5) is 17.7. The van der Waals surface area contributed by atoms with Gasteiger partial charge in [-0.2, -0.15) is 5.10 Å². The van der Waals surface area contributed by atoms with Crippen LogP contribution in [-0.2, 0) is 0 Å². The fourth-order valence-corrected chi connectivity index (χ4v) is 3.11. The molecule has 0 bridgehead atoms. The van der Waals surface area contributed by atoms with Gasteiger partial charge in [0.15, 0.2) is 5.65 Å². The van der Waals surface area contributed by atoms with Crippen LogP contribution in [0.2, 0.25) is 0 Å². The van der Waals surface area contributed by atoms with Crippen molar-refractivity contribution >= 4 is 22.6 Å². The minimum Gasteiger partial charge on any atom is -0.322 e. The predicted octanol–water partition coefficient (Wildman–Crippen LogP) is 4.59. The highest BCUT2D eigenvalue weighted by molar-refractivity contribution is 6.12. The molecule has 1 N–H and O–H groups in total. The van der Waals surface area contributed by atoms with Crippen LogP contribution in [0.3, 0.4) is 0 Å². The van der Waals surface area contributed by atoms with E-state index in [1.165, 1.54) is 12.1 Å². The summed E-state index contributed by atoms with van der Waals surface area (Å²) in [6.45, 7) is 5.91. The summed E-state index contributed by atoms with van der Waals surface area (Å²) in [6, 6.07) is 6.38. The zero-order valence-corrected chi connectivity index (χ0v) is 15.1. The van der Waals surface area contributed by atoms with Gasteiger partial charge in [-0.25, -0.2) is 14.1 Å². The van der Waals surface area contributed by atoms with Gasteiger partial charge in [-0.15, -0.1) is 0 Å². The number of aromatic nitrogens is 3. The third kappa shape index (κ3) is 2.96. The van der Waals surface area contributed by atoms with Crippen LogP contribution >= 0.6 is 0 Å². The molecule has 0 aliphatic heterocycles. The van der Waals surface area contributed by atoms with Crippen molar-refractivity contribution in [3.8, 4) is 0 Å². The van der Waals surface area contributed by atoms with Crippen molar-refractivity contribution < 1.29 is 9.18 Å². The van der Waals surface area contributed by atoms with E-state index in [9.17, 15) is 9.18 Å². The van der Waals surface area contributed by atoms with Crippen LogP contribution in [0.25, 0.3) is 11.0 Å². The maximum Gasteiger partial charge on any atom is 0.256 e. The highest BCUT2D eigenvalue weighted by Gasteiger charge is 2.28. The fourth-order valence-electron chi connectivity index (χ4n) is 3.11. The molecular weight excluding hydrogens is 331 g/mol. The van der Waals surface area contributed by atoms with E-state index in [1.54, 1.807) is 12.3 Å². The van der Waals surface area contributed by atoms with Gasteiger partial charge in [-0.3, -0.25) is 4.79 Å².